The molecular formula is C16H23N3O6S. The Morgan fingerprint density at radius 1 is 1.27 bits per heavy atom. The summed E-state index contributed by atoms with van der Waals surface area (Å²) in [6.07, 6.45) is 1.87. The summed E-state index contributed by atoms with van der Waals surface area (Å²) in [5.74, 6) is -0.363. The van der Waals surface area contributed by atoms with Gasteiger partial charge in [0.15, 0.2) is 12.4 Å². The predicted octanol–water partition coefficient (Wildman–Crippen LogP) is 1.63. The molecule has 0 atom stereocenters. The average Bonchev–Trinajstić information content (AvgIpc) is 3.15. The van der Waals surface area contributed by atoms with Crippen molar-refractivity contribution in [3.05, 3.63) is 28.3 Å². The van der Waals surface area contributed by atoms with Gasteiger partial charge in [-0.1, -0.05) is 13.8 Å². The highest BCUT2D eigenvalue weighted by molar-refractivity contribution is 7.89. The van der Waals surface area contributed by atoms with E-state index in [-0.39, 0.29) is 36.2 Å². The molecule has 10 heteroatoms. The monoisotopic (exact) mass is 385 g/mol. The number of sulfonamides is 1. The molecule has 0 radical (unpaired) electrons. The fraction of sp³-hybridized carbons (Fsp3) is 0.562. The zero-order valence-electron chi connectivity index (χ0n) is 14.9. The second-order valence-corrected chi connectivity index (χ2v) is 7.79. The van der Waals surface area contributed by atoms with Crippen LogP contribution < -0.4 is 4.74 Å². The summed E-state index contributed by atoms with van der Waals surface area (Å²) in [6.45, 7) is 4.90. The Labute approximate surface area is 152 Å². The average molecular weight is 385 g/mol. The van der Waals surface area contributed by atoms with Gasteiger partial charge in [-0.15, -0.1) is 0 Å². The third kappa shape index (κ3) is 4.31. The number of amides is 1. The lowest BCUT2D eigenvalue weighted by Crippen LogP contribution is -2.32. The van der Waals surface area contributed by atoms with Crippen molar-refractivity contribution in [3.8, 4) is 5.75 Å². The van der Waals surface area contributed by atoms with Crippen molar-refractivity contribution >= 4 is 21.6 Å². The summed E-state index contributed by atoms with van der Waals surface area (Å²) in [5.41, 5.74) is -0.479. The summed E-state index contributed by atoms with van der Waals surface area (Å²) in [4.78, 5) is 24.1. The van der Waals surface area contributed by atoms with Crippen LogP contribution in [0.5, 0.6) is 5.75 Å². The first-order chi connectivity index (χ1) is 12.3. The third-order valence-corrected chi connectivity index (χ3v) is 6.33. The summed E-state index contributed by atoms with van der Waals surface area (Å²) in [6, 6.07) is 3.46. The lowest BCUT2D eigenvalue weighted by molar-refractivity contribution is -0.386. The quantitative estimate of drug-likeness (QED) is 0.497. The Balaban J connectivity index is 2.23. The van der Waals surface area contributed by atoms with Crippen LogP contribution in [0.4, 0.5) is 5.69 Å². The number of benzene rings is 1. The van der Waals surface area contributed by atoms with E-state index in [1.165, 1.54) is 16.4 Å². The maximum Gasteiger partial charge on any atom is 0.312 e. The Kier molecular flexibility index (Phi) is 6.54. The first kappa shape index (κ1) is 20.1. The number of carbonyl (C=O) groups is 1. The molecule has 1 fully saturated rings. The molecule has 1 aromatic rings. The Hall–Kier alpha value is -2.20. The van der Waals surface area contributed by atoms with Gasteiger partial charge in [-0.25, -0.2) is 8.42 Å². The van der Waals surface area contributed by atoms with Gasteiger partial charge in [-0.2, -0.15) is 4.31 Å². The van der Waals surface area contributed by atoms with Crippen molar-refractivity contribution < 1.29 is 22.9 Å². The smallest absolute Gasteiger partial charge is 0.312 e. The van der Waals surface area contributed by atoms with Crippen LogP contribution in [0.25, 0.3) is 0 Å². The number of ether oxygens (including phenoxy) is 1. The van der Waals surface area contributed by atoms with E-state index < -0.39 is 20.6 Å². The minimum absolute atomic E-state index is 0.124. The molecule has 0 bridgehead atoms. The zero-order chi connectivity index (χ0) is 19.3. The highest BCUT2D eigenvalue weighted by Crippen LogP contribution is 2.31. The molecule has 1 aliphatic rings. The Morgan fingerprint density at radius 2 is 1.88 bits per heavy atom. The maximum atomic E-state index is 12.5. The fourth-order valence-corrected chi connectivity index (χ4v) is 4.31. The summed E-state index contributed by atoms with van der Waals surface area (Å²) in [7, 11) is -3.82. The summed E-state index contributed by atoms with van der Waals surface area (Å²) >= 11 is 0. The SMILES string of the molecule is CCN(CC)S(=O)(=O)c1ccc(OCC(=O)N2CCCC2)c([N+](=O)[O-])c1. The normalized spacial score (nSPS) is 14.7. The van der Waals surface area contributed by atoms with Crippen LogP contribution in [0, 0.1) is 10.1 Å². The number of likely N-dealkylation sites (tertiary alicyclic amines) is 1. The van der Waals surface area contributed by atoms with E-state index in [2.05, 4.69) is 0 Å². The van der Waals surface area contributed by atoms with Crippen LogP contribution in [-0.2, 0) is 14.8 Å². The first-order valence-corrected chi connectivity index (χ1v) is 9.94. The first-order valence-electron chi connectivity index (χ1n) is 8.50. The van der Waals surface area contributed by atoms with E-state index in [4.69, 9.17) is 4.74 Å². The van der Waals surface area contributed by atoms with Crippen molar-refractivity contribution in [2.75, 3.05) is 32.8 Å². The molecule has 0 unspecified atom stereocenters. The van der Waals surface area contributed by atoms with Gasteiger partial charge in [0.1, 0.15) is 0 Å². The molecule has 0 spiro atoms. The molecule has 1 saturated heterocycles. The number of hydrogen-bond donors (Lipinski definition) is 0. The topological polar surface area (TPSA) is 110 Å². The number of hydrogen-bond acceptors (Lipinski definition) is 6. The fourth-order valence-electron chi connectivity index (χ4n) is 2.83. The van der Waals surface area contributed by atoms with Gasteiger partial charge in [0, 0.05) is 32.2 Å². The minimum Gasteiger partial charge on any atom is -0.477 e. The molecule has 1 aromatic carbocycles. The standard InChI is InChI=1S/C16H23N3O6S/c1-3-18(4-2)26(23,24)13-7-8-15(14(11-13)19(21)22)25-12-16(20)17-9-5-6-10-17/h7-8,11H,3-6,9-10,12H2,1-2H3. The second kappa shape index (κ2) is 8.45. The molecule has 1 aliphatic heterocycles. The molecule has 0 saturated carbocycles. The number of carbonyl (C=O) groups excluding carboxylic acids is 1. The molecule has 1 heterocycles. The highest BCUT2D eigenvalue weighted by atomic mass is 32.2. The van der Waals surface area contributed by atoms with Crippen LogP contribution in [0.2, 0.25) is 0 Å². The molecular weight excluding hydrogens is 362 g/mol. The van der Waals surface area contributed by atoms with Crippen LogP contribution in [0.15, 0.2) is 23.1 Å². The van der Waals surface area contributed by atoms with Crippen LogP contribution in [-0.4, -0.2) is 61.2 Å². The lowest BCUT2D eigenvalue weighted by atomic mass is 10.3. The molecule has 26 heavy (non-hydrogen) atoms. The number of nitrogens with zero attached hydrogens (tertiary/aromatic N) is 3. The van der Waals surface area contributed by atoms with Gasteiger partial charge in [-0.05, 0) is 25.0 Å². The molecule has 2 rings (SSSR count). The molecule has 9 nitrogen and oxygen atoms in total. The van der Waals surface area contributed by atoms with Gasteiger partial charge < -0.3 is 9.64 Å². The van der Waals surface area contributed by atoms with Crippen LogP contribution in [0.3, 0.4) is 0 Å². The largest absolute Gasteiger partial charge is 0.477 e. The number of nitro groups is 1. The zero-order valence-corrected chi connectivity index (χ0v) is 15.7. The number of nitro benzene ring substituents is 1. The van der Waals surface area contributed by atoms with E-state index in [1.54, 1.807) is 18.7 Å². The van der Waals surface area contributed by atoms with Gasteiger partial charge in [-0.3, -0.25) is 14.9 Å². The molecule has 0 aliphatic carbocycles. The lowest BCUT2D eigenvalue weighted by Gasteiger charge is -2.19. The molecule has 0 aromatic heterocycles. The van der Waals surface area contributed by atoms with E-state index >= 15 is 0 Å². The van der Waals surface area contributed by atoms with Crippen molar-refractivity contribution in [2.24, 2.45) is 0 Å². The van der Waals surface area contributed by atoms with E-state index in [0.29, 0.717) is 13.1 Å². The van der Waals surface area contributed by atoms with E-state index in [1.807, 2.05) is 0 Å². The van der Waals surface area contributed by atoms with Crippen molar-refractivity contribution in [1.82, 2.24) is 9.21 Å². The van der Waals surface area contributed by atoms with Crippen molar-refractivity contribution in [3.63, 3.8) is 0 Å². The van der Waals surface area contributed by atoms with Crippen molar-refractivity contribution in [2.45, 2.75) is 31.6 Å². The highest BCUT2D eigenvalue weighted by Gasteiger charge is 2.27. The minimum atomic E-state index is -3.82. The Bertz CT molecular complexity index is 770. The van der Waals surface area contributed by atoms with Gasteiger partial charge in [0.2, 0.25) is 10.0 Å². The summed E-state index contributed by atoms with van der Waals surface area (Å²) < 4.78 is 31.6. The van der Waals surface area contributed by atoms with Crippen LogP contribution in [0.1, 0.15) is 26.7 Å². The Morgan fingerprint density at radius 3 is 2.42 bits per heavy atom. The van der Waals surface area contributed by atoms with Gasteiger partial charge in [0.25, 0.3) is 5.91 Å². The summed E-state index contributed by atoms with van der Waals surface area (Å²) in [5, 5.41) is 11.3. The maximum absolute atomic E-state index is 12.5. The van der Waals surface area contributed by atoms with Gasteiger partial charge >= 0.3 is 5.69 Å². The molecule has 1 amide bonds. The van der Waals surface area contributed by atoms with Gasteiger partial charge in [0.05, 0.1) is 9.82 Å². The second-order valence-electron chi connectivity index (χ2n) is 5.85. The molecule has 0 N–H and O–H groups in total. The third-order valence-electron chi connectivity index (χ3n) is 4.28. The van der Waals surface area contributed by atoms with E-state index in [0.717, 1.165) is 18.9 Å². The predicted molar refractivity (Wildman–Crippen MR) is 94.5 cm³/mol. The van der Waals surface area contributed by atoms with Crippen molar-refractivity contribution in [1.29, 1.82) is 0 Å². The molecule has 144 valence electrons. The number of rotatable bonds is 8. The van der Waals surface area contributed by atoms with E-state index in [9.17, 15) is 23.3 Å². The van der Waals surface area contributed by atoms with Crippen LogP contribution >= 0.6 is 0 Å².